The summed E-state index contributed by atoms with van der Waals surface area (Å²) >= 11 is 0. The maximum absolute atomic E-state index is 11.6. The van der Waals surface area contributed by atoms with Gasteiger partial charge in [0.15, 0.2) is 0 Å². The Labute approximate surface area is 114 Å². The van der Waals surface area contributed by atoms with Gasteiger partial charge < -0.3 is 26.5 Å². The number of aliphatic carboxylic acids is 1. The van der Waals surface area contributed by atoms with Crippen molar-refractivity contribution < 1.29 is 19.5 Å². The standard InChI is InChI=1S/C11H17N5O4/c1-6(12)10(18)14-4-9(17)16-8(11(19)20)2-7-3-13-5-15-7/h3,5-6,8H,2,4,12H2,1H3,(H,13,15)(H,14,18)(H,16,17)(H,19,20). The van der Waals surface area contributed by atoms with Gasteiger partial charge in [-0.05, 0) is 6.92 Å². The van der Waals surface area contributed by atoms with Crippen LogP contribution in [0.4, 0.5) is 0 Å². The van der Waals surface area contributed by atoms with Gasteiger partial charge in [-0.2, -0.15) is 0 Å². The van der Waals surface area contributed by atoms with Crippen LogP contribution in [0.15, 0.2) is 12.5 Å². The number of amides is 2. The van der Waals surface area contributed by atoms with Crippen LogP contribution in [0.1, 0.15) is 12.6 Å². The molecule has 0 aliphatic rings. The maximum atomic E-state index is 11.6. The van der Waals surface area contributed by atoms with Crippen LogP contribution in [-0.2, 0) is 20.8 Å². The average molecular weight is 283 g/mol. The molecule has 9 heteroatoms. The van der Waals surface area contributed by atoms with E-state index in [0.717, 1.165) is 0 Å². The summed E-state index contributed by atoms with van der Waals surface area (Å²) < 4.78 is 0. The third kappa shape index (κ3) is 5.06. The zero-order valence-electron chi connectivity index (χ0n) is 10.9. The third-order valence-electron chi connectivity index (χ3n) is 2.45. The normalized spacial score (nSPS) is 13.3. The molecule has 0 bridgehead atoms. The Morgan fingerprint density at radius 3 is 2.70 bits per heavy atom. The number of nitrogens with two attached hydrogens (primary N) is 1. The molecule has 1 aromatic rings. The quantitative estimate of drug-likeness (QED) is 0.390. The summed E-state index contributed by atoms with van der Waals surface area (Å²) in [6.07, 6.45) is 2.96. The second-order valence-electron chi connectivity index (χ2n) is 4.25. The second-order valence-corrected chi connectivity index (χ2v) is 4.25. The summed E-state index contributed by atoms with van der Waals surface area (Å²) in [5.74, 6) is -2.27. The lowest BCUT2D eigenvalue weighted by atomic mass is 10.1. The van der Waals surface area contributed by atoms with Gasteiger partial charge in [-0.15, -0.1) is 0 Å². The van der Waals surface area contributed by atoms with Crippen LogP contribution in [0.5, 0.6) is 0 Å². The number of nitrogens with one attached hydrogen (secondary N) is 3. The molecule has 0 fully saturated rings. The first kappa shape index (κ1) is 15.6. The Bertz CT molecular complexity index is 471. The van der Waals surface area contributed by atoms with Gasteiger partial charge in [0, 0.05) is 18.3 Å². The molecule has 110 valence electrons. The average Bonchev–Trinajstić information content (AvgIpc) is 2.87. The molecule has 1 aromatic heterocycles. The molecular weight excluding hydrogens is 266 g/mol. The van der Waals surface area contributed by atoms with Crippen LogP contribution < -0.4 is 16.4 Å². The number of hydrogen-bond donors (Lipinski definition) is 5. The number of rotatable bonds is 7. The first-order chi connectivity index (χ1) is 9.40. The molecule has 0 aliphatic carbocycles. The zero-order valence-corrected chi connectivity index (χ0v) is 10.9. The highest BCUT2D eigenvalue weighted by molar-refractivity contribution is 5.89. The van der Waals surface area contributed by atoms with Gasteiger partial charge in [-0.25, -0.2) is 9.78 Å². The van der Waals surface area contributed by atoms with Crippen molar-refractivity contribution in [2.75, 3.05) is 6.54 Å². The van der Waals surface area contributed by atoms with E-state index in [-0.39, 0.29) is 13.0 Å². The molecule has 0 radical (unpaired) electrons. The highest BCUT2D eigenvalue weighted by Gasteiger charge is 2.21. The summed E-state index contributed by atoms with van der Waals surface area (Å²) in [6.45, 7) is 1.15. The van der Waals surface area contributed by atoms with Crippen LogP contribution in [0.3, 0.4) is 0 Å². The summed E-state index contributed by atoms with van der Waals surface area (Å²) in [7, 11) is 0. The Kier molecular flexibility index (Phi) is 5.66. The predicted octanol–water partition coefficient (Wildman–Crippen LogP) is -2.01. The number of carboxylic acid groups (broad SMARTS) is 1. The van der Waals surface area contributed by atoms with Gasteiger partial charge in [-0.1, -0.05) is 0 Å². The Hall–Kier alpha value is -2.42. The molecule has 0 saturated carbocycles. The lowest BCUT2D eigenvalue weighted by Crippen LogP contribution is -2.48. The summed E-state index contributed by atoms with van der Waals surface area (Å²) in [6, 6.07) is -1.83. The van der Waals surface area contributed by atoms with Crippen LogP contribution >= 0.6 is 0 Å². The topological polar surface area (TPSA) is 150 Å². The predicted molar refractivity (Wildman–Crippen MR) is 68.5 cm³/mol. The van der Waals surface area contributed by atoms with Crippen molar-refractivity contribution in [3.05, 3.63) is 18.2 Å². The van der Waals surface area contributed by atoms with Crippen LogP contribution in [-0.4, -0.2) is 51.5 Å². The van der Waals surface area contributed by atoms with E-state index < -0.39 is 29.9 Å². The van der Waals surface area contributed by atoms with Crippen molar-refractivity contribution in [1.82, 2.24) is 20.6 Å². The zero-order chi connectivity index (χ0) is 15.1. The lowest BCUT2D eigenvalue weighted by Gasteiger charge is -2.14. The summed E-state index contributed by atoms with van der Waals surface area (Å²) in [5, 5.41) is 13.6. The Morgan fingerprint density at radius 1 is 1.50 bits per heavy atom. The van der Waals surface area contributed by atoms with Crippen molar-refractivity contribution in [2.45, 2.75) is 25.4 Å². The maximum Gasteiger partial charge on any atom is 0.326 e. The molecule has 9 nitrogen and oxygen atoms in total. The number of nitrogens with zero attached hydrogens (tertiary/aromatic N) is 1. The number of H-pyrrole nitrogens is 1. The van der Waals surface area contributed by atoms with Gasteiger partial charge >= 0.3 is 5.97 Å². The molecule has 2 amide bonds. The molecular formula is C11H17N5O4. The number of carbonyl (C=O) groups is 3. The van der Waals surface area contributed by atoms with E-state index in [9.17, 15) is 14.4 Å². The minimum Gasteiger partial charge on any atom is -0.480 e. The summed E-state index contributed by atoms with van der Waals surface area (Å²) in [4.78, 5) is 40.3. The van der Waals surface area contributed by atoms with E-state index in [1.807, 2.05) is 0 Å². The molecule has 20 heavy (non-hydrogen) atoms. The van der Waals surface area contributed by atoms with Crippen LogP contribution in [0, 0.1) is 0 Å². The van der Waals surface area contributed by atoms with Gasteiger partial charge in [0.2, 0.25) is 11.8 Å². The molecule has 0 spiro atoms. The van der Waals surface area contributed by atoms with Crippen molar-refractivity contribution in [3.63, 3.8) is 0 Å². The highest BCUT2D eigenvalue weighted by Crippen LogP contribution is 1.98. The fourth-order valence-corrected chi connectivity index (χ4v) is 1.39. The number of carbonyl (C=O) groups excluding carboxylic acids is 2. The van der Waals surface area contributed by atoms with Crippen LogP contribution in [0.25, 0.3) is 0 Å². The molecule has 0 aliphatic heterocycles. The smallest absolute Gasteiger partial charge is 0.326 e. The van der Waals surface area contributed by atoms with Crippen molar-refractivity contribution in [3.8, 4) is 0 Å². The van der Waals surface area contributed by atoms with E-state index in [4.69, 9.17) is 10.8 Å². The molecule has 2 atom stereocenters. The fraction of sp³-hybridized carbons (Fsp3) is 0.455. The number of aromatic amines is 1. The third-order valence-corrected chi connectivity index (χ3v) is 2.45. The van der Waals surface area contributed by atoms with E-state index in [1.165, 1.54) is 19.4 Å². The molecule has 1 rings (SSSR count). The van der Waals surface area contributed by atoms with Gasteiger partial charge in [0.05, 0.1) is 18.9 Å². The van der Waals surface area contributed by atoms with Crippen molar-refractivity contribution in [2.24, 2.45) is 5.73 Å². The largest absolute Gasteiger partial charge is 0.480 e. The lowest BCUT2D eigenvalue weighted by molar-refractivity contribution is -0.141. The number of aromatic nitrogens is 2. The van der Waals surface area contributed by atoms with E-state index in [2.05, 4.69) is 20.6 Å². The Morgan fingerprint density at radius 2 is 2.20 bits per heavy atom. The second kappa shape index (κ2) is 7.24. The van der Waals surface area contributed by atoms with E-state index in [0.29, 0.717) is 5.69 Å². The number of carboxylic acids is 1. The molecule has 2 unspecified atom stereocenters. The van der Waals surface area contributed by atoms with Crippen LogP contribution in [0.2, 0.25) is 0 Å². The SMILES string of the molecule is CC(N)C(=O)NCC(=O)NC(Cc1cnc[nH]1)C(=O)O. The number of imidazole rings is 1. The fourth-order valence-electron chi connectivity index (χ4n) is 1.39. The first-order valence-corrected chi connectivity index (χ1v) is 5.93. The highest BCUT2D eigenvalue weighted by atomic mass is 16.4. The minimum atomic E-state index is -1.17. The number of hydrogen-bond acceptors (Lipinski definition) is 5. The Balaban J connectivity index is 2.47. The molecule has 1 heterocycles. The van der Waals surface area contributed by atoms with Gasteiger partial charge in [0.25, 0.3) is 0 Å². The van der Waals surface area contributed by atoms with E-state index >= 15 is 0 Å². The minimum absolute atomic E-state index is 0.0717. The molecule has 0 aromatic carbocycles. The first-order valence-electron chi connectivity index (χ1n) is 5.93. The van der Waals surface area contributed by atoms with Crippen molar-refractivity contribution >= 4 is 17.8 Å². The molecule has 0 saturated heterocycles. The monoisotopic (exact) mass is 283 g/mol. The van der Waals surface area contributed by atoms with Gasteiger partial charge in [-0.3, -0.25) is 9.59 Å². The molecule has 6 N–H and O–H groups in total. The summed E-state index contributed by atoms with van der Waals surface area (Å²) in [5.41, 5.74) is 5.89. The van der Waals surface area contributed by atoms with E-state index in [1.54, 1.807) is 0 Å². The van der Waals surface area contributed by atoms with Crippen molar-refractivity contribution in [1.29, 1.82) is 0 Å². The van der Waals surface area contributed by atoms with Gasteiger partial charge in [0.1, 0.15) is 6.04 Å².